The predicted molar refractivity (Wildman–Crippen MR) is 127 cm³/mol. The molecule has 4 aromatic rings. The molecule has 0 fully saturated rings. The van der Waals surface area contributed by atoms with Crippen molar-refractivity contribution in [3.8, 4) is 5.75 Å². The summed E-state index contributed by atoms with van der Waals surface area (Å²) in [4.78, 5) is 32.4. The molecule has 1 aliphatic carbocycles. The predicted octanol–water partition coefficient (Wildman–Crippen LogP) is 4.65. The van der Waals surface area contributed by atoms with Crippen LogP contribution in [-0.2, 0) is 17.6 Å². The highest BCUT2D eigenvalue weighted by Gasteiger charge is 2.36. The fourth-order valence-electron chi connectivity index (χ4n) is 5.51. The molecule has 0 saturated carbocycles. The number of esters is 1. The van der Waals surface area contributed by atoms with Crippen molar-refractivity contribution < 1.29 is 13.9 Å². The standard InChI is InChI=1S/C27H24N2O4/c1-14-11-21-24(16-8-6-9-17(16)27(31)32-21)25-23(14)18(13-22(30)33-25)19-12-15-7-4-5-10-20(15)28-26(19)29(2)3/h4-5,7,10-12,18H,6,8-9,13H2,1-3H3/t18-/m0/s1. The van der Waals surface area contributed by atoms with E-state index in [0.717, 1.165) is 57.2 Å². The van der Waals surface area contributed by atoms with Gasteiger partial charge in [-0.05, 0) is 55.5 Å². The van der Waals surface area contributed by atoms with Crippen LogP contribution in [0, 0.1) is 6.92 Å². The zero-order valence-corrected chi connectivity index (χ0v) is 18.9. The normalized spacial score (nSPS) is 17.2. The summed E-state index contributed by atoms with van der Waals surface area (Å²) in [7, 11) is 3.94. The number of fused-ring (bicyclic) bond motifs is 6. The third kappa shape index (κ3) is 2.97. The van der Waals surface area contributed by atoms with Gasteiger partial charge in [0, 0.05) is 42.1 Å². The molecule has 6 rings (SSSR count). The van der Waals surface area contributed by atoms with Crippen LogP contribution in [-0.4, -0.2) is 25.0 Å². The number of carbonyl (C=O) groups is 1. The zero-order chi connectivity index (χ0) is 22.9. The first-order chi connectivity index (χ1) is 15.9. The number of nitrogens with zero attached hydrogens (tertiary/aromatic N) is 2. The van der Waals surface area contributed by atoms with E-state index in [0.29, 0.717) is 23.3 Å². The fraction of sp³-hybridized carbons (Fsp3) is 0.296. The van der Waals surface area contributed by atoms with Gasteiger partial charge in [-0.1, -0.05) is 18.2 Å². The van der Waals surface area contributed by atoms with Gasteiger partial charge in [-0.3, -0.25) is 4.79 Å². The molecule has 0 spiro atoms. The highest BCUT2D eigenvalue weighted by Crippen LogP contribution is 2.48. The van der Waals surface area contributed by atoms with Crippen molar-refractivity contribution in [2.45, 2.75) is 38.5 Å². The Kier molecular flexibility index (Phi) is 4.34. The average molecular weight is 440 g/mol. The molecule has 0 saturated heterocycles. The topological polar surface area (TPSA) is 72.6 Å². The van der Waals surface area contributed by atoms with E-state index in [9.17, 15) is 9.59 Å². The van der Waals surface area contributed by atoms with Gasteiger partial charge in [0.1, 0.15) is 17.2 Å². The number of anilines is 1. The summed E-state index contributed by atoms with van der Waals surface area (Å²) in [5, 5.41) is 1.81. The number of aryl methyl sites for hydroxylation is 2. The van der Waals surface area contributed by atoms with Crippen LogP contribution in [0.15, 0.2) is 45.6 Å². The Bertz CT molecular complexity index is 1530. The van der Waals surface area contributed by atoms with Crippen molar-refractivity contribution in [3.63, 3.8) is 0 Å². The monoisotopic (exact) mass is 440 g/mol. The largest absolute Gasteiger partial charge is 0.425 e. The Morgan fingerprint density at radius 3 is 2.67 bits per heavy atom. The second kappa shape index (κ2) is 7.17. The van der Waals surface area contributed by atoms with Gasteiger partial charge in [-0.15, -0.1) is 0 Å². The maximum Gasteiger partial charge on any atom is 0.339 e. The Morgan fingerprint density at radius 1 is 1.06 bits per heavy atom. The Labute approximate surface area is 190 Å². The van der Waals surface area contributed by atoms with E-state index in [2.05, 4.69) is 6.07 Å². The third-order valence-corrected chi connectivity index (χ3v) is 6.93. The van der Waals surface area contributed by atoms with E-state index < -0.39 is 0 Å². The molecule has 33 heavy (non-hydrogen) atoms. The minimum Gasteiger partial charge on any atom is -0.425 e. The van der Waals surface area contributed by atoms with Gasteiger partial charge in [0.05, 0.1) is 17.3 Å². The number of aromatic nitrogens is 1. The van der Waals surface area contributed by atoms with Crippen molar-refractivity contribution in [1.29, 1.82) is 0 Å². The number of hydrogen-bond donors (Lipinski definition) is 0. The minimum absolute atomic E-state index is 0.205. The van der Waals surface area contributed by atoms with E-state index in [1.165, 1.54) is 0 Å². The van der Waals surface area contributed by atoms with Crippen molar-refractivity contribution in [1.82, 2.24) is 4.98 Å². The first-order valence-electron chi connectivity index (χ1n) is 11.3. The van der Waals surface area contributed by atoms with Gasteiger partial charge in [0.2, 0.25) is 0 Å². The number of ether oxygens (including phenoxy) is 1. The molecule has 0 unspecified atom stereocenters. The number of para-hydroxylation sites is 1. The van der Waals surface area contributed by atoms with Crippen molar-refractivity contribution in [3.05, 3.63) is 74.6 Å². The molecule has 0 bridgehead atoms. The van der Waals surface area contributed by atoms with Crippen LogP contribution in [0.4, 0.5) is 5.82 Å². The maximum atomic E-state index is 12.9. The molecule has 1 atom stereocenters. The SMILES string of the molecule is Cc1cc2oc(=O)c3c(c2c2c1[C@H](c1cc4ccccc4nc1N(C)C)CC(=O)O2)CCC3. The smallest absolute Gasteiger partial charge is 0.339 e. The number of benzene rings is 2. The molecular formula is C27H24N2O4. The van der Waals surface area contributed by atoms with E-state index in [1.807, 2.05) is 56.3 Å². The van der Waals surface area contributed by atoms with Crippen LogP contribution >= 0.6 is 0 Å². The lowest BCUT2D eigenvalue weighted by atomic mass is 9.82. The second-order valence-electron chi connectivity index (χ2n) is 9.23. The molecule has 3 heterocycles. The van der Waals surface area contributed by atoms with Crippen molar-refractivity contribution in [2.75, 3.05) is 19.0 Å². The molecule has 1 aliphatic heterocycles. The van der Waals surface area contributed by atoms with Crippen molar-refractivity contribution >= 4 is 33.7 Å². The number of pyridine rings is 1. The summed E-state index contributed by atoms with van der Waals surface area (Å²) in [5.41, 5.74) is 5.73. The molecule has 0 N–H and O–H groups in total. The Morgan fingerprint density at radius 2 is 1.85 bits per heavy atom. The van der Waals surface area contributed by atoms with Gasteiger partial charge in [0.25, 0.3) is 0 Å². The Balaban J connectivity index is 1.68. The molecule has 0 amide bonds. The van der Waals surface area contributed by atoms with Crippen LogP contribution in [0.5, 0.6) is 5.75 Å². The lowest BCUT2D eigenvalue weighted by Gasteiger charge is -2.30. The summed E-state index contributed by atoms with van der Waals surface area (Å²) >= 11 is 0. The van der Waals surface area contributed by atoms with E-state index in [-0.39, 0.29) is 23.9 Å². The molecule has 2 aromatic carbocycles. The number of hydrogen-bond acceptors (Lipinski definition) is 6. The van der Waals surface area contributed by atoms with Gasteiger partial charge < -0.3 is 14.1 Å². The van der Waals surface area contributed by atoms with Crippen LogP contribution in [0.2, 0.25) is 0 Å². The van der Waals surface area contributed by atoms with Crippen molar-refractivity contribution in [2.24, 2.45) is 0 Å². The fourth-order valence-corrected chi connectivity index (χ4v) is 5.51. The summed E-state index contributed by atoms with van der Waals surface area (Å²) < 4.78 is 11.6. The molecule has 2 aromatic heterocycles. The number of carbonyl (C=O) groups excluding carboxylic acids is 1. The van der Waals surface area contributed by atoms with E-state index >= 15 is 0 Å². The summed E-state index contributed by atoms with van der Waals surface area (Å²) in [6.45, 7) is 1.99. The minimum atomic E-state index is -0.282. The highest BCUT2D eigenvalue weighted by molar-refractivity contribution is 5.95. The zero-order valence-electron chi connectivity index (χ0n) is 18.9. The molecular weight excluding hydrogens is 416 g/mol. The third-order valence-electron chi connectivity index (χ3n) is 6.93. The Hall–Kier alpha value is -3.67. The average Bonchev–Trinajstić information content (AvgIpc) is 3.28. The first kappa shape index (κ1) is 20.0. The summed E-state index contributed by atoms with van der Waals surface area (Å²) in [6.07, 6.45) is 2.63. The van der Waals surface area contributed by atoms with Gasteiger partial charge in [-0.25, -0.2) is 9.78 Å². The van der Waals surface area contributed by atoms with E-state index in [1.54, 1.807) is 0 Å². The molecule has 2 aliphatic rings. The van der Waals surface area contributed by atoms with Crippen LogP contribution in [0.25, 0.3) is 21.9 Å². The van der Waals surface area contributed by atoms with Crippen LogP contribution in [0.1, 0.15) is 46.6 Å². The van der Waals surface area contributed by atoms with E-state index in [4.69, 9.17) is 14.1 Å². The van der Waals surface area contributed by atoms with Gasteiger partial charge in [-0.2, -0.15) is 0 Å². The maximum absolute atomic E-state index is 12.9. The van der Waals surface area contributed by atoms with Crippen LogP contribution < -0.4 is 15.3 Å². The molecule has 6 nitrogen and oxygen atoms in total. The first-order valence-corrected chi connectivity index (χ1v) is 11.3. The quantitative estimate of drug-likeness (QED) is 0.257. The van der Waals surface area contributed by atoms with Gasteiger partial charge >= 0.3 is 11.6 Å². The molecule has 166 valence electrons. The summed E-state index contributed by atoms with van der Waals surface area (Å²) in [5.74, 6) is 0.897. The summed E-state index contributed by atoms with van der Waals surface area (Å²) in [6, 6.07) is 12.1. The second-order valence-corrected chi connectivity index (χ2v) is 9.23. The molecule has 6 heteroatoms. The van der Waals surface area contributed by atoms with Crippen LogP contribution in [0.3, 0.4) is 0 Å². The lowest BCUT2D eigenvalue weighted by molar-refractivity contribution is -0.135. The number of rotatable bonds is 2. The lowest BCUT2D eigenvalue weighted by Crippen LogP contribution is -2.25. The highest BCUT2D eigenvalue weighted by atomic mass is 16.5. The molecule has 0 radical (unpaired) electrons. The van der Waals surface area contributed by atoms with Gasteiger partial charge in [0.15, 0.2) is 0 Å².